The monoisotopic (exact) mass is 547 g/mol. The first-order valence-corrected chi connectivity index (χ1v) is 13.6. The average molecular weight is 548 g/mol. The van der Waals surface area contributed by atoms with Gasteiger partial charge in [-0.05, 0) is 54.8 Å². The second-order valence-corrected chi connectivity index (χ2v) is 10.4. The first-order valence-electron chi connectivity index (χ1n) is 13.2. The largest absolute Gasteiger partial charge is 0.465 e. The maximum absolute atomic E-state index is 11.0. The molecule has 0 aliphatic carbocycles. The number of fused-ring (bicyclic) bond motifs is 1. The minimum Gasteiger partial charge on any atom is -0.465 e. The van der Waals surface area contributed by atoms with Crippen molar-refractivity contribution in [2.45, 2.75) is 25.4 Å². The number of hydrogen-bond donors (Lipinski definition) is 2. The number of likely N-dealkylation sites (tertiary alicyclic amines) is 1. The summed E-state index contributed by atoms with van der Waals surface area (Å²) in [6, 6.07) is 15.4. The number of benzene rings is 2. The van der Waals surface area contributed by atoms with Crippen LogP contribution in [0.1, 0.15) is 24.4 Å². The van der Waals surface area contributed by atoms with E-state index in [4.69, 9.17) is 36.5 Å². The number of piperidine rings is 1. The van der Waals surface area contributed by atoms with Gasteiger partial charge in [-0.25, -0.2) is 19.4 Å². The number of rotatable bonds is 6. The van der Waals surface area contributed by atoms with Crippen LogP contribution < -0.4 is 10.2 Å². The fraction of sp³-hybridized carbons (Fsp3) is 0.357. The van der Waals surface area contributed by atoms with Gasteiger partial charge in [0.15, 0.2) is 11.5 Å². The number of carboxylic acid groups (broad SMARTS) is 1. The van der Waals surface area contributed by atoms with Gasteiger partial charge >= 0.3 is 6.09 Å². The van der Waals surface area contributed by atoms with Crippen LogP contribution in [-0.4, -0.2) is 75.2 Å². The van der Waals surface area contributed by atoms with E-state index >= 15 is 0 Å². The quantitative estimate of drug-likeness (QED) is 0.350. The molecule has 2 N–H and O–H groups in total. The molecular formula is C28H30ClN7O3. The fourth-order valence-electron chi connectivity index (χ4n) is 5.32. The SMILES string of the molecule is O=C(O)Nc1ccc(-c2nc(N3CCOCC3)c3cnn(C4CCN(Cc5ccc(Cl)cc5)CC4)c3n2)cc1. The van der Waals surface area contributed by atoms with Gasteiger partial charge in [0, 0.05) is 49.0 Å². The Morgan fingerprint density at radius 3 is 2.41 bits per heavy atom. The van der Waals surface area contributed by atoms with E-state index in [0.29, 0.717) is 24.7 Å². The van der Waals surface area contributed by atoms with Crippen molar-refractivity contribution in [3.05, 3.63) is 65.3 Å². The highest BCUT2D eigenvalue weighted by molar-refractivity contribution is 6.30. The Morgan fingerprint density at radius 2 is 1.72 bits per heavy atom. The van der Waals surface area contributed by atoms with E-state index in [1.54, 1.807) is 12.1 Å². The Bertz CT molecular complexity index is 1440. The van der Waals surface area contributed by atoms with Crippen molar-refractivity contribution in [1.29, 1.82) is 0 Å². The zero-order valence-corrected chi connectivity index (χ0v) is 22.2. The van der Waals surface area contributed by atoms with Crippen molar-refractivity contribution in [3.63, 3.8) is 0 Å². The lowest BCUT2D eigenvalue weighted by molar-refractivity contribution is 0.122. The normalized spacial score (nSPS) is 17.0. The van der Waals surface area contributed by atoms with E-state index in [1.165, 1.54) is 5.56 Å². The molecule has 2 fully saturated rings. The molecule has 1 amide bonds. The summed E-state index contributed by atoms with van der Waals surface area (Å²) in [4.78, 5) is 25.7. The summed E-state index contributed by atoms with van der Waals surface area (Å²) in [6.07, 6.45) is 2.75. The zero-order chi connectivity index (χ0) is 26.8. The van der Waals surface area contributed by atoms with Gasteiger partial charge in [0.25, 0.3) is 0 Å². The van der Waals surface area contributed by atoms with Crippen molar-refractivity contribution in [2.75, 3.05) is 49.6 Å². The van der Waals surface area contributed by atoms with E-state index in [0.717, 1.165) is 73.0 Å². The van der Waals surface area contributed by atoms with Crippen LogP contribution in [-0.2, 0) is 11.3 Å². The molecule has 202 valence electrons. The summed E-state index contributed by atoms with van der Waals surface area (Å²) in [6.45, 7) is 5.65. The molecule has 2 aromatic heterocycles. The molecule has 0 spiro atoms. The molecule has 4 heterocycles. The zero-order valence-electron chi connectivity index (χ0n) is 21.5. The van der Waals surface area contributed by atoms with Gasteiger partial charge in [-0.1, -0.05) is 23.7 Å². The van der Waals surface area contributed by atoms with Crippen LogP contribution in [0, 0.1) is 0 Å². The number of hydrogen-bond acceptors (Lipinski definition) is 7. The minimum atomic E-state index is -1.10. The summed E-state index contributed by atoms with van der Waals surface area (Å²) < 4.78 is 7.65. The molecule has 0 atom stereocenters. The van der Waals surface area contributed by atoms with E-state index in [9.17, 15) is 4.79 Å². The Kier molecular flexibility index (Phi) is 7.32. The highest BCUT2D eigenvalue weighted by Crippen LogP contribution is 2.32. The van der Waals surface area contributed by atoms with Gasteiger partial charge in [0.05, 0.1) is 30.8 Å². The molecule has 39 heavy (non-hydrogen) atoms. The van der Waals surface area contributed by atoms with Gasteiger partial charge in [0.1, 0.15) is 5.82 Å². The van der Waals surface area contributed by atoms with Crippen molar-refractivity contribution in [1.82, 2.24) is 24.6 Å². The van der Waals surface area contributed by atoms with Crippen molar-refractivity contribution in [2.24, 2.45) is 0 Å². The van der Waals surface area contributed by atoms with Gasteiger partial charge < -0.3 is 14.7 Å². The summed E-state index contributed by atoms with van der Waals surface area (Å²) in [5.41, 5.74) is 3.40. The number of carbonyl (C=O) groups is 1. The van der Waals surface area contributed by atoms with Gasteiger partial charge in [0.2, 0.25) is 0 Å². The number of anilines is 2. The summed E-state index contributed by atoms with van der Waals surface area (Å²) in [7, 11) is 0. The Morgan fingerprint density at radius 1 is 1.00 bits per heavy atom. The topological polar surface area (TPSA) is 109 Å². The van der Waals surface area contributed by atoms with Crippen LogP contribution in [0.15, 0.2) is 54.7 Å². The third-order valence-corrected chi connectivity index (χ3v) is 7.61. The van der Waals surface area contributed by atoms with Crippen LogP contribution in [0.3, 0.4) is 0 Å². The van der Waals surface area contributed by atoms with E-state index < -0.39 is 6.09 Å². The molecule has 4 aromatic rings. The minimum absolute atomic E-state index is 0.242. The van der Waals surface area contributed by atoms with E-state index in [-0.39, 0.29) is 6.04 Å². The highest BCUT2D eigenvalue weighted by atomic mass is 35.5. The first kappa shape index (κ1) is 25.5. The smallest absolute Gasteiger partial charge is 0.409 e. The molecule has 0 saturated carbocycles. The molecule has 10 nitrogen and oxygen atoms in total. The molecule has 2 aromatic carbocycles. The predicted molar refractivity (Wildman–Crippen MR) is 150 cm³/mol. The average Bonchev–Trinajstić information content (AvgIpc) is 3.39. The number of nitrogens with zero attached hydrogens (tertiary/aromatic N) is 6. The first-order chi connectivity index (χ1) is 19.0. The molecule has 2 aliphatic rings. The van der Waals surface area contributed by atoms with Crippen LogP contribution in [0.4, 0.5) is 16.3 Å². The summed E-state index contributed by atoms with van der Waals surface area (Å²) >= 11 is 6.05. The molecule has 2 aliphatic heterocycles. The van der Waals surface area contributed by atoms with Gasteiger partial charge in [-0.15, -0.1) is 0 Å². The Hall–Kier alpha value is -3.73. The van der Waals surface area contributed by atoms with Crippen LogP contribution in [0.5, 0.6) is 0 Å². The maximum atomic E-state index is 11.0. The molecular weight excluding hydrogens is 518 g/mol. The number of morpholine rings is 1. The molecule has 0 radical (unpaired) electrons. The molecule has 2 saturated heterocycles. The molecule has 0 unspecified atom stereocenters. The van der Waals surface area contributed by atoms with Gasteiger partial charge in [-0.2, -0.15) is 5.10 Å². The third-order valence-electron chi connectivity index (χ3n) is 7.36. The molecule has 0 bridgehead atoms. The van der Waals surface area contributed by atoms with Crippen LogP contribution in [0.2, 0.25) is 5.02 Å². The standard InChI is InChI=1S/C28H30ClN7O3/c29-21-5-1-19(2-6-21)18-34-11-9-23(10-12-34)36-27-24(17-30-36)26(35-13-15-39-16-14-35)32-25(33-27)20-3-7-22(8-4-20)31-28(37)38/h1-8,17,23,31H,9-16,18H2,(H,37,38). The van der Waals surface area contributed by atoms with Crippen molar-refractivity contribution < 1.29 is 14.6 Å². The number of nitrogens with one attached hydrogen (secondary N) is 1. The second kappa shape index (κ2) is 11.2. The number of aromatic nitrogens is 4. The highest BCUT2D eigenvalue weighted by Gasteiger charge is 2.26. The fourth-order valence-corrected chi connectivity index (χ4v) is 5.45. The molecule has 6 rings (SSSR count). The molecule has 11 heteroatoms. The lowest BCUT2D eigenvalue weighted by atomic mass is 10.0. The van der Waals surface area contributed by atoms with Crippen molar-refractivity contribution in [3.8, 4) is 11.4 Å². The number of ether oxygens (including phenoxy) is 1. The summed E-state index contributed by atoms with van der Waals surface area (Å²) in [5, 5.41) is 17.9. The van der Waals surface area contributed by atoms with Crippen LogP contribution >= 0.6 is 11.6 Å². The number of amides is 1. The lowest BCUT2D eigenvalue weighted by Crippen LogP contribution is -2.37. The van der Waals surface area contributed by atoms with E-state index in [2.05, 4.69) is 31.9 Å². The maximum Gasteiger partial charge on any atom is 0.409 e. The lowest BCUT2D eigenvalue weighted by Gasteiger charge is -2.32. The second-order valence-electron chi connectivity index (χ2n) is 9.94. The summed E-state index contributed by atoms with van der Waals surface area (Å²) in [5.74, 6) is 1.45. The Balaban J connectivity index is 1.28. The predicted octanol–water partition coefficient (Wildman–Crippen LogP) is 4.91. The van der Waals surface area contributed by atoms with E-state index in [1.807, 2.05) is 30.5 Å². The number of halogens is 1. The van der Waals surface area contributed by atoms with Crippen molar-refractivity contribution >= 4 is 40.2 Å². The Labute approximate surface area is 231 Å². The van der Waals surface area contributed by atoms with Gasteiger partial charge in [-0.3, -0.25) is 10.2 Å². The van der Waals surface area contributed by atoms with Crippen LogP contribution in [0.25, 0.3) is 22.4 Å². The third kappa shape index (κ3) is 5.68.